The molecule has 5 heteroatoms. The van der Waals surface area contributed by atoms with E-state index in [0.717, 1.165) is 25.1 Å². The Morgan fingerprint density at radius 3 is 2.83 bits per heavy atom. The topological polar surface area (TPSA) is 52.6 Å². The van der Waals surface area contributed by atoms with Crippen LogP contribution in [0.2, 0.25) is 0 Å². The van der Waals surface area contributed by atoms with Gasteiger partial charge < -0.3 is 15.3 Å². The van der Waals surface area contributed by atoms with Gasteiger partial charge in [0.05, 0.1) is 0 Å². The number of aryl methyl sites for hydroxylation is 1. The standard InChI is InChI=1S/C19H27FN2O2/c1-14-6-7-16(10-17(14)20)11-21-13-19(24)8-3-9-22(18(19)23)12-15-4-2-5-15/h6-7,10,15,21,24H,2-5,8-9,11-13H2,1H3. The minimum atomic E-state index is -1.33. The van der Waals surface area contributed by atoms with Crippen molar-refractivity contribution in [1.29, 1.82) is 0 Å². The van der Waals surface area contributed by atoms with E-state index in [1.54, 1.807) is 13.0 Å². The van der Waals surface area contributed by atoms with Gasteiger partial charge in [-0.2, -0.15) is 0 Å². The summed E-state index contributed by atoms with van der Waals surface area (Å²) in [7, 11) is 0. The largest absolute Gasteiger partial charge is 0.379 e. The van der Waals surface area contributed by atoms with Crippen molar-refractivity contribution in [2.75, 3.05) is 19.6 Å². The maximum Gasteiger partial charge on any atom is 0.255 e. The molecule has 1 aliphatic carbocycles. The second-order valence-corrected chi connectivity index (χ2v) is 7.37. The normalized spacial score (nSPS) is 25.0. The molecule has 1 aromatic carbocycles. The lowest BCUT2D eigenvalue weighted by Gasteiger charge is -2.41. The summed E-state index contributed by atoms with van der Waals surface area (Å²) in [6, 6.07) is 5.10. The van der Waals surface area contributed by atoms with Crippen LogP contribution in [0, 0.1) is 18.7 Å². The minimum absolute atomic E-state index is 0.150. The van der Waals surface area contributed by atoms with Crippen LogP contribution in [0.25, 0.3) is 0 Å². The first-order valence-corrected chi connectivity index (χ1v) is 8.95. The molecule has 1 aromatic rings. The Morgan fingerprint density at radius 2 is 2.17 bits per heavy atom. The average Bonchev–Trinajstić information content (AvgIpc) is 2.51. The highest BCUT2D eigenvalue weighted by Crippen LogP contribution is 2.30. The van der Waals surface area contributed by atoms with E-state index in [4.69, 9.17) is 0 Å². The molecule has 132 valence electrons. The molecule has 1 saturated heterocycles. The van der Waals surface area contributed by atoms with Gasteiger partial charge >= 0.3 is 0 Å². The Hall–Kier alpha value is -1.46. The highest BCUT2D eigenvalue weighted by atomic mass is 19.1. The first-order chi connectivity index (χ1) is 11.5. The number of carbonyl (C=O) groups is 1. The van der Waals surface area contributed by atoms with Crippen LogP contribution < -0.4 is 5.32 Å². The Kier molecular flexibility index (Phi) is 5.21. The summed E-state index contributed by atoms with van der Waals surface area (Å²) in [5.74, 6) is 0.233. The van der Waals surface area contributed by atoms with Crippen molar-refractivity contribution in [1.82, 2.24) is 10.2 Å². The lowest BCUT2D eigenvalue weighted by atomic mass is 9.83. The van der Waals surface area contributed by atoms with Crippen LogP contribution in [0.15, 0.2) is 18.2 Å². The zero-order valence-corrected chi connectivity index (χ0v) is 14.4. The van der Waals surface area contributed by atoms with Crippen LogP contribution in [0.5, 0.6) is 0 Å². The third-order valence-corrected chi connectivity index (χ3v) is 5.39. The van der Waals surface area contributed by atoms with Gasteiger partial charge in [-0.1, -0.05) is 18.6 Å². The van der Waals surface area contributed by atoms with E-state index < -0.39 is 5.60 Å². The molecular weight excluding hydrogens is 307 g/mol. The molecule has 1 amide bonds. The zero-order chi connectivity index (χ0) is 17.2. The number of likely N-dealkylation sites (tertiary alicyclic amines) is 1. The monoisotopic (exact) mass is 334 g/mol. The molecule has 2 fully saturated rings. The number of rotatable bonds is 6. The van der Waals surface area contributed by atoms with E-state index in [1.807, 2.05) is 11.0 Å². The van der Waals surface area contributed by atoms with Crippen molar-refractivity contribution in [3.63, 3.8) is 0 Å². The van der Waals surface area contributed by atoms with Gasteiger partial charge in [0.15, 0.2) is 5.60 Å². The summed E-state index contributed by atoms with van der Waals surface area (Å²) in [5.41, 5.74) is 0.105. The first kappa shape index (κ1) is 17.4. The molecule has 1 aliphatic heterocycles. The van der Waals surface area contributed by atoms with Crippen molar-refractivity contribution < 1.29 is 14.3 Å². The van der Waals surface area contributed by atoms with E-state index in [1.165, 1.54) is 25.3 Å². The van der Waals surface area contributed by atoms with Gasteiger partial charge in [-0.15, -0.1) is 0 Å². The molecule has 0 bridgehead atoms. The molecule has 1 heterocycles. The van der Waals surface area contributed by atoms with Crippen molar-refractivity contribution in [3.05, 3.63) is 35.1 Å². The molecule has 3 rings (SSSR count). The Bertz CT molecular complexity index is 603. The molecule has 1 saturated carbocycles. The number of nitrogens with zero attached hydrogens (tertiary/aromatic N) is 1. The minimum Gasteiger partial charge on any atom is -0.379 e. The summed E-state index contributed by atoms with van der Waals surface area (Å²) in [6.45, 7) is 3.91. The number of carbonyl (C=O) groups excluding carboxylic acids is 1. The third-order valence-electron chi connectivity index (χ3n) is 5.39. The molecule has 24 heavy (non-hydrogen) atoms. The van der Waals surface area contributed by atoms with E-state index in [0.29, 0.717) is 24.4 Å². The number of hydrogen-bond donors (Lipinski definition) is 2. The predicted molar refractivity (Wildman–Crippen MR) is 90.9 cm³/mol. The lowest BCUT2D eigenvalue weighted by Crippen LogP contribution is -2.58. The second-order valence-electron chi connectivity index (χ2n) is 7.37. The Labute approximate surface area is 143 Å². The van der Waals surface area contributed by atoms with E-state index >= 15 is 0 Å². The van der Waals surface area contributed by atoms with Crippen LogP contribution in [0.3, 0.4) is 0 Å². The van der Waals surface area contributed by atoms with Crippen molar-refractivity contribution in [3.8, 4) is 0 Å². The average molecular weight is 334 g/mol. The van der Waals surface area contributed by atoms with E-state index in [2.05, 4.69) is 5.32 Å². The maximum absolute atomic E-state index is 13.6. The predicted octanol–water partition coefficient (Wildman–Crippen LogP) is 2.38. The molecule has 0 aromatic heterocycles. The lowest BCUT2D eigenvalue weighted by molar-refractivity contribution is -0.157. The summed E-state index contributed by atoms with van der Waals surface area (Å²) in [5, 5.41) is 13.9. The van der Waals surface area contributed by atoms with Gasteiger partial charge in [-0.25, -0.2) is 4.39 Å². The SMILES string of the molecule is Cc1ccc(CNCC2(O)CCCN(CC3CCC3)C2=O)cc1F. The van der Waals surface area contributed by atoms with Crippen molar-refractivity contribution in [2.24, 2.45) is 5.92 Å². The molecule has 0 radical (unpaired) electrons. The van der Waals surface area contributed by atoms with Gasteiger partial charge in [-0.3, -0.25) is 4.79 Å². The fourth-order valence-electron chi connectivity index (χ4n) is 3.55. The maximum atomic E-state index is 13.6. The molecular formula is C19H27FN2O2. The number of hydrogen-bond acceptors (Lipinski definition) is 3. The number of benzene rings is 1. The smallest absolute Gasteiger partial charge is 0.255 e. The second kappa shape index (κ2) is 7.19. The molecule has 4 nitrogen and oxygen atoms in total. The van der Waals surface area contributed by atoms with Gasteiger partial charge in [-0.05, 0) is 55.7 Å². The highest BCUT2D eigenvalue weighted by molar-refractivity contribution is 5.86. The van der Waals surface area contributed by atoms with E-state index in [9.17, 15) is 14.3 Å². The third kappa shape index (κ3) is 3.78. The van der Waals surface area contributed by atoms with Crippen LogP contribution in [0.1, 0.15) is 43.2 Å². The van der Waals surface area contributed by atoms with Crippen LogP contribution in [0.4, 0.5) is 4.39 Å². The van der Waals surface area contributed by atoms with Crippen LogP contribution >= 0.6 is 0 Å². The molecule has 1 unspecified atom stereocenters. The van der Waals surface area contributed by atoms with Crippen LogP contribution in [-0.2, 0) is 11.3 Å². The van der Waals surface area contributed by atoms with E-state index in [-0.39, 0.29) is 18.3 Å². The first-order valence-electron chi connectivity index (χ1n) is 8.95. The number of halogens is 1. The van der Waals surface area contributed by atoms with Gasteiger partial charge in [0.25, 0.3) is 5.91 Å². The zero-order valence-electron chi connectivity index (χ0n) is 14.4. The van der Waals surface area contributed by atoms with Crippen LogP contribution in [-0.4, -0.2) is 41.1 Å². The molecule has 1 atom stereocenters. The van der Waals surface area contributed by atoms with Gasteiger partial charge in [0.1, 0.15) is 5.82 Å². The Balaban J connectivity index is 1.54. The number of amides is 1. The highest BCUT2D eigenvalue weighted by Gasteiger charge is 2.42. The van der Waals surface area contributed by atoms with Gasteiger partial charge in [0, 0.05) is 26.2 Å². The number of piperidine rings is 1. The molecule has 2 aliphatic rings. The molecule has 2 N–H and O–H groups in total. The van der Waals surface area contributed by atoms with Crippen molar-refractivity contribution in [2.45, 2.75) is 51.2 Å². The summed E-state index contributed by atoms with van der Waals surface area (Å²) >= 11 is 0. The molecule has 0 spiro atoms. The summed E-state index contributed by atoms with van der Waals surface area (Å²) in [6.07, 6.45) is 4.96. The fourth-order valence-corrected chi connectivity index (χ4v) is 3.55. The van der Waals surface area contributed by atoms with Gasteiger partial charge in [0.2, 0.25) is 0 Å². The summed E-state index contributed by atoms with van der Waals surface area (Å²) < 4.78 is 13.6. The van der Waals surface area contributed by atoms with Crippen molar-refractivity contribution >= 4 is 5.91 Å². The number of nitrogens with one attached hydrogen (secondary N) is 1. The summed E-state index contributed by atoms with van der Waals surface area (Å²) in [4.78, 5) is 14.5. The number of aliphatic hydroxyl groups is 1. The Morgan fingerprint density at radius 1 is 1.38 bits per heavy atom. The quantitative estimate of drug-likeness (QED) is 0.840. The fraction of sp³-hybridized carbons (Fsp3) is 0.632.